The molecule has 0 saturated carbocycles. The fourth-order valence-electron chi connectivity index (χ4n) is 2.24. The van der Waals surface area contributed by atoms with Gasteiger partial charge in [0, 0.05) is 13.2 Å². The maximum absolute atomic E-state index is 11.9. The van der Waals surface area contributed by atoms with Crippen LogP contribution in [0.25, 0.3) is 0 Å². The summed E-state index contributed by atoms with van der Waals surface area (Å²) < 4.78 is 5.27. The van der Waals surface area contributed by atoms with Crippen molar-refractivity contribution in [2.75, 3.05) is 13.2 Å². The van der Waals surface area contributed by atoms with E-state index in [4.69, 9.17) is 9.84 Å². The molecular formula is C10H15NO4. The fourth-order valence-corrected chi connectivity index (χ4v) is 2.24. The Balaban J connectivity index is 2.02. The molecule has 0 aromatic heterocycles. The summed E-state index contributed by atoms with van der Waals surface area (Å²) in [5, 5.41) is 8.94. The van der Waals surface area contributed by atoms with Crippen molar-refractivity contribution in [3.05, 3.63) is 0 Å². The van der Waals surface area contributed by atoms with Gasteiger partial charge in [-0.3, -0.25) is 4.79 Å². The van der Waals surface area contributed by atoms with Crippen molar-refractivity contribution in [2.24, 2.45) is 0 Å². The molecule has 5 heteroatoms. The highest BCUT2D eigenvalue weighted by Gasteiger charge is 2.38. The summed E-state index contributed by atoms with van der Waals surface area (Å²) in [5.74, 6) is -1.05. The Morgan fingerprint density at radius 2 is 2.07 bits per heavy atom. The van der Waals surface area contributed by atoms with Crippen LogP contribution in [0.2, 0.25) is 0 Å². The van der Waals surface area contributed by atoms with Crippen molar-refractivity contribution in [1.29, 1.82) is 0 Å². The van der Waals surface area contributed by atoms with Crippen molar-refractivity contribution >= 4 is 11.9 Å². The summed E-state index contributed by atoms with van der Waals surface area (Å²) in [6, 6.07) is -0.637. The van der Waals surface area contributed by atoms with Gasteiger partial charge in [0.05, 0.1) is 0 Å². The Morgan fingerprint density at radius 1 is 1.27 bits per heavy atom. The van der Waals surface area contributed by atoms with Crippen LogP contribution in [0.15, 0.2) is 0 Å². The average molecular weight is 213 g/mol. The number of aliphatic carboxylic acids is 1. The molecule has 0 aromatic carbocycles. The standard InChI is InChI=1S/C10H15NO4/c12-9(8-4-2-6-15-8)11-5-1-3-7(11)10(13)14/h7-8H,1-6H2,(H,13,14). The van der Waals surface area contributed by atoms with Crippen LogP contribution >= 0.6 is 0 Å². The molecule has 5 nitrogen and oxygen atoms in total. The lowest BCUT2D eigenvalue weighted by molar-refractivity contribution is -0.152. The molecule has 0 bridgehead atoms. The number of carboxylic acid groups (broad SMARTS) is 1. The second-order valence-electron chi connectivity index (χ2n) is 4.03. The molecule has 1 N–H and O–H groups in total. The molecule has 2 unspecified atom stereocenters. The smallest absolute Gasteiger partial charge is 0.326 e. The maximum Gasteiger partial charge on any atom is 0.326 e. The number of likely N-dealkylation sites (tertiary alicyclic amines) is 1. The van der Waals surface area contributed by atoms with Gasteiger partial charge in [-0.15, -0.1) is 0 Å². The van der Waals surface area contributed by atoms with Crippen molar-refractivity contribution in [3.63, 3.8) is 0 Å². The average Bonchev–Trinajstić information content (AvgIpc) is 2.88. The van der Waals surface area contributed by atoms with E-state index in [9.17, 15) is 9.59 Å². The number of carbonyl (C=O) groups is 2. The van der Waals surface area contributed by atoms with Crippen LogP contribution in [-0.4, -0.2) is 47.2 Å². The molecule has 0 aliphatic carbocycles. The van der Waals surface area contributed by atoms with Gasteiger partial charge in [0.25, 0.3) is 5.91 Å². The third-order valence-corrected chi connectivity index (χ3v) is 3.03. The summed E-state index contributed by atoms with van der Waals surface area (Å²) in [6.07, 6.45) is 2.55. The van der Waals surface area contributed by atoms with Crippen LogP contribution in [0, 0.1) is 0 Å². The van der Waals surface area contributed by atoms with E-state index in [0.29, 0.717) is 19.6 Å². The minimum Gasteiger partial charge on any atom is -0.480 e. The van der Waals surface area contributed by atoms with Crippen LogP contribution in [0.5, 0.6) is 0 Å². The Kier molecular flexibility index (Phi) is 2.90. The molecule has 2 saturated heterocycles. The first-order chi connectivity index (χ1) is 7.20. The third-order valence-electron chi connectivity index (χ3n) is 3.03. The number of rotatable bonds is 2. The SMILES string of the molecule is O=C(O)C1CCCN1C(=O)C1CCCO1. The number of nitrogens with zero attached hydrogens (tertiary/aromatic N) is 1. The molecule has 2 rings (SSSR count). The lowest BCUT2D eigenvalue weighted by Crippen LogP contribution is -2.45. The summed E-state index contributed by atoms with van der Waals surface area (Å²) in [6.45, 7) is 1.16. The van der Waals surface area contributed by atoms with Gasteiger partial charge in [0.1, 0.15) is 12.1 Å². The second kappa shape index (κ2) is 4.18. The van der Waals surface area contributed by atoms with Gasteiger partial charge in [-0.05, 0) is 25.7 Å². The highest BCUT2D eigenvalue weighted by atomic mass is 16.5. The van der Waals surface area contributed by atoms with Crippen molar-refractivity contribution in [1.82, 2.24) is 4.90 Å². The van der Waals surface area contributed by atoms with E-state index >= 15 is 0 Å². The molecule has 1 amide bonds. The van der Waals surface area contributed by atoms with Gasteiger partial charge in [-0.2, -0.15) is 0 Å². The Hall–Kier alpha value is -1.10. The number of carbonyl (C=O) groups excluding carboxylic acids is 1. The predicted octanol–water partition coefficient (Wildman–Crippen LogP) is 0.241. The lowest BCUT2D eigenvalue weighted by atomic mass is 10.2. The molecule has 0 radical (unpaired) electrons. The van der Waals surface area contributed by atoms with E-state index in [1.54, 1.807) is 0 Å². The first-order valence-electron chi connectivity index (χ1n) is 5.35. The van der Waals surface area contributed by atoms with Gasteiger partial charge < -0.3 is 14.7 Å². The summed E-state index contributed by atoms with van der Waals surface area (Å²) in [4.78, 5) is 24.3. The molecule has 2 aliphatic rings. The van der Waals surface area contributed by atoms with Crippen LogP contribution in [0.3, 0.4) is 0 Å². The first-order valence-corrected chi connectivity index (χ1v) is 5.35. The maximum atomic E-state index is 11.9. The van der Waals surface area contributed by atoms with Gasteiger partial charge in [0.15, 0.2) is 0 Å². The lowest BCUT2D eigenvalue weighted by Gasteiger charge is -2.24. The number of ether oxygens (including phenoxy) is 1. The van der Waals surface area contributed by atoms with Crippen LogP contribution in [0.4, 0.5) is 0 Å². The number of amides is 1. The van der Waals surface area contributed by atoms with Crippen LogP contribution < -0.4 is 0 Å². The molecule has 15 heavy (non-hydrogen) atoms. The summed E-state index contributed by atoms with van der Waals surface area (Å²) in [5.41, 5.74) is 0. The minimum absolute atomic E-state index is 0.141. The van der Waals surface area contributed by atoms with Crippen molar-refractivity contribution in [3.8, 4) is 0 Å². The normalized spacial score (nSPS) is 30.8. The molecule has 84 valence electrons. The van der Waals surface area contributed by atoms with Crippen molar-refractivity contribution < 1.29 is 19.4 Å². The molecular weight excluding hydrogens is 198 g/mol. The van der Waals surface area contributed by atoms with Gasteiger partial charge in [0.2, 0.25) is 0 Å². The van der Waals surface area contributed by atoms with Crippen molar-refractivity contribution in [2.45, 2.75) is 37.8 Å². The molecule has 0 spiro atoms. The molecule has 2 heterocycles. The Bertz CT molecular complexity index is 273. The van der Waals surface area contributed by atoms with Gasteiger partial charge >= 0.3 is 5.97 Å². The zero-order valence-corrected chi connectivity index (χ0v) is 8.52. The van der Waals surface area contributed by atoms with E-state index in [1.807, 2.05) is 0 Å². The zero-order valence-electron chi connectivity index (χ0n) is 8.52. The quantitative estimate of drug-likeness (QED) is 0.713. The minimum atomic E-state index is -0.904. The largest absolute Gasteiger partial charge is 0.480 e. The van der Waals surface area contributed by atoms with Crippen LogP contribution in [0.1, 0.15) is 25.7 Å². The Morgan fingerprint density at radius 3 is 2.67 bits per heavy atom. The van der Waals surface area contributed by atoms with E-state index in [-0.39, 0.29) is 5.91 Å². The third kappa shape index (κ3) is 1.97. The van der Waals surface area contributed by atoms with E-state index in [1.165, 1.54) is 4.90 Å². The highest BCUT2D eigenvalue weighted by molar-refractivity contribution is 5.87. The number of hydrogen-bond acceptors (Lipinski definition) is 3. The molecule has 2 atom stereocenters. The second-order valence-corrected chi connectivity index (χ2v) is 4.03. The molecule has 0 aromatic rings. The molecule has 2 aliphatic heterocycles. The van der Waals surface area contributed by atoms with Gasteiger partial charge in [-0.25, -0.2) is 4.79 Å². The number of carboxylic acids is 1. The van der Waals surface area contributed by atoms with E-state index in [0.717, 1.165) is 19.3 Å². The van der Waals surface area contributed by atoms with E-state index < -0.39 is 18.1 Å². The Labute approximate surface area is 88.0 Å². The van der Waals surface area contributed by atoms with Crippen LogP contribution in [-0.2, 0) is 14.3 Å². The predicted molar refractivity (Wildman–Crippen MR) is 51.3 cm³/mol. The fraction of sp³-hybridized carbons (Fsp3) is 0.800. The molecule has 2 fully saturated rings. The summed E-state index contributed by atoms with van der Waals surface area (Å²) >= 11 is 0. The first kappa shape index (κ1) is 10.4. The number of hydrogen-bond donors (Lipinski definition) is 1. The summed E-state index contributed by atoms with van der Waals surface area (Å²) in [7, 11) is 0. The highest BCUT2D eigenvalue weighted by Crippen LogP contribution is 2.22. The topological polar surface area (TPSA) is 66.8 Å². The van der Waals surface area contributed by atoms with E-state index in [2.05, 4.69) is 0 Å². The zero-order chi connectivity index (χ0) is 10.8. The monoisotopic (exact) mass is 213 g/mol. The van der Waals surface area contributed by atoms with Gasteiger partial charge in [-0.1, -0.05) is 0 Å².